The molecule has 1 heterocycles. The van der Waals surface area contributed by atoms with Crippen LogP contribution in [0.4, 0.5) is 5.69 Å². The number of esters is 1. The van der Waals surface area contributed by atoms with Gasteiger partial charge in [-0.2, -0.15) is 0 Å². The van der Waals surface area contributed by atoms with Crippen LogP contribution in [0.15, 0.2) is 18.2 Å². The van der Waals surface area contributed by atoms with Gasteiger partial charge < -0.3 is 9.64 Å². The Morgan fingerprint density at radius 3 is 2.71 bits per heavy atom. The fourth-order valence-corrected chi connectivity index (χ4v) is 3.42. The lowest BCUT2D eigenvalue weighted by atomic mass is 10.1. The zero-order valence-electron chi connectivity index (χ0n) is 12.2. The van der Waals surface area contributed by atoms with E-state index in [-0.39, 0.29) is 16.3 Å². The molecule has 0 saturated carbocycles. The Kier molecular flexibility index (Phi) is 4.67. The van der Waals surface area contributed by atoms with Gasteiger partial charge in [0, 0.05) is 25.1 Å². The molecule has 0 aliphatic carbocycles. The number of benzene rings is 1. The Morgan fingerprint density at radius 2 is 2.10 bits per heavy atom. The van der Waals surface area contributed by atoms with E-state index >= 15 is 0 Å². The molecule has 21 heavy (non-hydrogen) atoms. The highest BCUT2D eigenvalue weighted by Gasteiger charge is 2.34. The molecule has 1 aliphatic heterocycles. The topological polar surface area (TPSA) is 63.7 Å². The predicted octanol–water partition coefficient (Wildman–Crippen LogP) is 2.17. The monoisotopic (exact) mass is 307 g/mol. The first-order valence-corrected chi connectivity index (χ1v) is 7.47. The van der Waals surface area contributed by atoms with E-state index in [4.69, 9.17) is 4.74 Å². The zero-order chi connectivity index (χ0) is 15.6. The maximum Gasteiger partial charge on any atom is 0.339 e. The van der Waals surface area contributed by atoms with E-state index in [0.717, 1.165) is 5.56 Å². The number of nitrogens with zero attached hydrogens (tertiary/aromatic N) is 1. The summed E-state index contributed by atoms with van der Waals surface area (Å²) in [6.07, 6.45) is 0.305. The van der Waals surface area contributed by atoms with E-state index in [1.165, 1.54) is 25.8 Å². The molecule has 5 nitrogen and oxygen atoms in total. The van der Waals surface area contributed by atoms with E-state index in [9.17, 15) is 14.4 Å². The maximum atomic E-state index is 12.2. The highest BCUT2D eigenvalue weighted by Crippen LogP contribution is 2.33. The van der Waals surface area contributed by atoms with Crippen LogP contribution >= 0.6 is 11.8 Å². The van der Waals surface area contributed by atoms with Crippen LogP contribution in [0.5, 0.6) is 0 Å². The van der Waals surface area contributed by atoms with Crippen molar-refractivity contribution in [2.24, 2.45) is 0 Å². The van der Waals surface area contributed by atoms with Gasteiger partial charge in [-0.15, -0.1) is 0 Å². The summed E-state index contributed by atoms with van der Waals surface area (Å²) < 4.78 is 4.78. The molecule has 1 saturated heterocycles. The number of methoxy groups -OCH3 is 1. The summed E-state index contributed by atoms with van der Waals surface area (Å²) in [5.41, 5.74) is 1.79. The number of carbonyl (C=O) groups is 3. The third kappa shape index (κ3) is 3.26. The summed E-state index contributed by atoms with van der Waals surface area (Å²) in [7, 11) is 1.31. The second-order valence-corrected chi connectivity index (χ2v) is 6.38. The first kappa shape index (κ1) is 15.6. The molecule has 0 spiro atoms. The predicted molar refractivity (Wildman–Crippen MR) is 81.5 cm³/mol. The van der Waals surface area contributed by atoms with Crippen LogP contribution in [-0.4, -0.2) is 35.9 Å². The van der Waals surface area contributed by atoms with Gasteiger partial charge in [-0.1, -0.05) is 23.9 Å². The molecule has 1 fully saturated rings. The van der Waals surface area contributed by atoms with Crippen molar-refractivity contribution in [3.05, 3.63) is 29.3 Å². The Hall–Kier alpha value is -1.82. The molecule has 1 aromatic carbocycles. The molecule has 1 atom stereocenters. The Morgan fingerprint density at radius 1 is 1.38 bits per heavy atom. The number of thioether (sulfide) groups is 1. The van der Waals surface area contributed by atoms with Crippen molar-refractivity contribution in [1.29, 1.82) is 0 Å². The molecule has 1 aromatic rings. The number of para-hydroxylation sites is 1. The number of carbonyl (C=O) groups excluding carboxylic acids is 3. The third-order valence-corrected chi connectivity index (χ3v) is 4.32. The minimum atomic E-state index is -0.468. The average molecular weight is 307 g/mol. The van der Waals surface area contributed by atoms with Crippen molar-refractivity contribution in [2.75, 3.05) is 18.6 Å². The van der Waals surface area contributed by atoms with Gasteiger partial charge in [0.25, 0.3) is 0 Å². The normalized spacial score (nSPS) is 18.0. The minimum absolute atomic E-state index is 0.00683. The van der Waals surface area contributed by atoms with E-state index in [0.29, 0.717) is 24.2 Å². The van der Waals surface area contributed by atoms with E-state index in [1.54, 1.807) is 17.0 Å². The summed E-state index contributed by atoms with van der Waals surface area (Å²) >= 11 is 1.17. The summed E-state index contributed by atoms with van der Waals surface area (Å²) in [5, 5.41) is -0.0762. The van der Waals surface area contributed by atoms with Crippen LogP contribution < -0.4 is 4.90 Å². The number of hydrogen-bond acceptors (Lipinski definition) is 5. The fourth-order valence-electron chi connectivity index (χ4n) is 2.50. The van der Waals surface area contributed by atoms with Crippen LogP contribution in [0.1, 0.15) is 29.3 Å². The van der Waals surface area contributed by atoms with Gasteiger partial charge in [0.05, 0.1) is 18.4 Å². The van der Waals surface area contributed by atoms with Crippen LogP contribution in [0.3, 0.4) is 0 Å². The van der Waals surface area contributed by atoms with Gasteiger partial charge in [-0.25, -0.2) is 4.79 Å². The molecule has 2 rings (SSSR count). The van der Waals surface area contributed by atoms with Crippen molar-refractivity contribution in [2.45, 2.75) is 25.5 Å². The first-order chi connectivity index (χ1) is 9.93. The second-order valence-electron chi connectivity index (χ2n) is 4.90. The standard InChI is InChI=1S/C15H17NO4S/c1-9-5-4-6-12(15(19)20-3)14(9)16-8-11(7-13(16)18)21-10(2)17/h4-6,11H,7-8H2,1-3H3. The Labute approximate surface area is 127 Å². The average Bonchev–Trinajstić information content (AvgIpc) is 2.77. The van der Waals surface area contributed by atoms with Crippen LogP contribution in [0, 0.1) is 6.92 Å². The third-order valence-electron chi connectivity index (χ3n) is 3.34. The molecule has 1 amide bonds. The van der Waals surface area contributed by atoms with Gasteiger partial charge in [0.2, 0.25) is 5.91 Å². The Bertz CT molecular complexity index is 599. The molecule has 1 aliphatic rings. The number of amides is 1. The molecular weight excluding hydrogens is 290 g/mol. The minimum Gasteiger partial charge on any atom is -0.465 e. The zero-order valence-corrected chi connectivity index (χ0v) is 13.0. The first-order valence-electron chi connectivity index (χ1n) is 6.59. The molecule has 0 aromatic heterocycles. The second kappa shape index (κ2) is 6.30. The molecule has 0 radical (unpaired) electrons. The van der Waals surface area contributed by atoms with Crippen molar-refractivity contribution in [3.8, 4) is 0 Å². The molecular formula is C15H17NO4S. The van der Waals surface area contributed by atoms with Crippen molar-refractivity contribution < 1.29 is 19.1 Å². The van der Waals surface area contributed by atoms with Crippen molar-refractivity contribution in [1.82, 2.24) is 0 Å². The van der Waals surface area contributed by atoms with Crippen LogP contribution in [0.2, 0.25) is 0 Å². The van der Waals surface area contributed by atoms with E-state index < -0.39 is 5.97 Å². The van der Waals surface area contributed by atoms with Crippen molar-refractivity contribution in [3.63, 3.8) is 0 Å². The van der Waals surface area contributed by atoms with Gasteiger partial charge in [0.1, 0.15) is 0 Å². The van der Waals surface area contributed by atoms with Crippen molar-refractivity contribution >= 4 is 34.4 Å². The molecule has 112 valence electrons. The summed E-state index contributed by atoms with van der Waals surface area (Å²) in [4.78, 5) is 36.9. The number of anilines is 1. The smallest absolute Gasteiger partial charge is 0.339 e. The fraction of sp³-hybridized carbons (Fsp3) is 0.400. The maximum absolute atomic E-state index is 12.2. The highest BCUT2D eigenvalue weighted by atomic mass is 32.2. The summed E-state index contributed by atoms with van der Waals surface area (Å²) in [6, 6.07) is 5.25. The van der Waals surface area contributed by atoms with E-state index in [2.05, 4.69) is 0 Å². The van der Waals surface area contributed by atoms with Gasteiger partial charge >= 0.3 is 5.97 Å². The largest absolute Gasteiger partial charge is 0.465 e. The van der Waals surface area contributed by atoms with E-state index in [1.807, 2.05) is 13.0 Å². The van der Waals surface area contributed by atoms with Crippen LogP contribution in [-0.2, 0) is 14.3 Å². The lowest BCUT2D eigenvalue weighted by molar-refractivity contribution is -0.117. The summed E-state index contributed by atoms with van der Waals surface area (Å²) in [5.74, 6) is -0.544. The summed E-state index contributed by atoms with van der Waals surface area (Å²) in [6.45, 7) is 3.77. The number of aryl methyl sites for hydroxylation is 1. The number of ether oxygens (including phenoxy) is 1. The van der Waals surface area contributed by atoms with Gasteiger partial charge in [0.15, 0.2) is 5.12 Å². The number of rotatable bonds is 3. The highest BCUT2D eigenvalue weighted by molar-refractivity contribution is 8.14. The number of hydrogen-bond donors (Lipinski definition) is 0. The Balaban J connectivity index is 2.36. The lowest BCUT2D eigenvalue weighted by Crippen LogP contribution is -2.28. The SMILES string of the molecule is COC(=O)c1cccc(C)c1N1CC(SC(C)=O)CC1=O. The van der Waals surface area contributed by atoms with Gasteiger partial charge in [-0.3, -0.25) is 9.59 Å². The van der Waals surface area contributed by atoms with Gasteiger partial charge in [-0.05, 0) is 18.6 Å². The quantitative estimate of drug-likeness (QED) is 0.801. The lowest BCUT2D eigenvalue weighted by Gasteiger charge is -2.21. The van der Waals surface area contributed by atoms with Crippen LogP contribution in [0.25, 0.3) is 0 Å². The molecule has 0 bridgehead atoms. The molecule has 1 unspecified atom stereocenters. The molecule has 0 N–H and O–H groups in total. The molecule has 6 heteroatoms.